The van der Waals surface area contributed by atoms with Gasteiger partial charge in [0.05, 0.1) is 13.0 Å². The van der Waals surface area contributed by atoms with Crippen molar-refractivity contribution in [1.82, 2.24) is 10.6 Å². The lowest BCUT2D eigenvalue weighted by molar-refractivity contribution is -0.144. The van der Waals surface area contributed by atoms with E-state index in [4.69, 9.17) is 15.7 Å². The number of guanidine groups is 1. The molecule has 38 heavy (non-hydrogen) atoms. The van der Waals surface area contributed by atoms with E-state index >= 15 is 0 Å². The summed E-state index contributed by atoms with van der Waals surface area (Å²) in [5.74, 6) is 0.437. The first-order valence-corrected chi connectivity index (χ1v) is 13.8. The summed E-state index contributed by atoms with van der Waals surface area (Å²) in [6.45, 7) is 10.5. The zero-order valence-corrected chi connectivity index (χ0v) is 24.1. The fourth-order valence-corrected chi connectivity index (χ4v) is 4.61. The maximum Gasteiger partial charge on any atom is 0.329 e. The van der Waals surface area contributed by atoms with Gasteiger partial charge in [-0.1, -0.05) is 46.8 Å². The Morgan fingerprint density at radius 1 is 1.18 bits per heavy atom. The van der Waals surface area contributed by atoms with Crippen molar-refractivity contribution in [2.45, 2.75) is 65.8 Å². The first-order valence-electron chi connectivity index (χ1n) is 12.7. The summed E-state index contributed by atoms with van der Waals surface area (Å²) < 4.78 is 4.84. The fraction of sp³-hybridized carbons (Fsp3) is 0.593. The van der Waals surface area contributed by atoms with Gasteiger partial charge in [-0.2, -0.15) is 17.0 Å². The summed E-state index contributed by atoms with van der Waals surface area (Å²) in [6.07, 6.45) is 3.35. The number of hydrogen-bond donors (Lipinski definition) is 4. The van der Waals surface area contributed by atoms with E-state index in [-0.39, 0.29) is 29.1 Å². The number of methoxy groups -OCH3 is 1. The molecule has 210 valence electrons. The number of thioether (sulfide) groups is 1. The molecule has 0 aliphatic carbocycles. The van der Waals surface area contributed by atoms with E-state index < -0.39 is 12.0 Å². The molecule has 0 unspecified atom stereocenters. The number of amides is 2. The SMILES string of the molecule is COC(=O)[C@H](CSCCCNC(=O)[C@@H](CC(C)C)c1ccc(NC(N)=NC#N)cc1)NC(=O)CC(C)(C)C. The van der Waals surface area contributed by atoms with E-state index in [9.17, 15) is 14.4 Å². The highest BCUT2D eigenvalue weighted by atomic mass is 32.2. The number of nitrogens with two attached hydrogens (primary N) is 1. The van der Waals surface area contributed by atoms with Gasteiger partial charge in [0.25, 0.3) is 0 Å². The van der Waals surface area contributed by atoms with Crippen LogP contribution < -0.4 is 21.7 Å². The van der Waals surface area contributed by atoms with Crippen molar-refractivity contribution in [3.05, 3.63) is 29.8 Å². The molecule has 0 saturated heterocycles. The lowest BCUT2D eigenvalue weighted by Crippen LogP contribution is -2.44. The van der Waals surface area contributed by atoms with Crippen LogP contribution in [0.5, 0.6) is 0 Å². The maximum absolute atomic E-state index is 13.0. The predicted molar refractivity (Wildman–Crippen MR) is 152 cm³/mol. The van der Waals surface area contributed by atoms with Gasteiger partial charge >= 0.3 is 5.97 Å². The van der Waals surface area contributed by atoms with Gasteiger partial charge in [-0.3, -0.25) is 9.59 Å². The zero-order chi connectivity index (χ0) is 28.7. The van der Waals surface area contributed by atoms with Crippen LogP contribution in [0.2, 0.25) is 0 Å². The third-order valence-electron chi connectivity index (χ3n) is 5.34. The van der Waals surface area contributed by atoms with Crippen LogP contribution in [-0.4, -0.2) is 54.9 Å². The van der Waals surface area contributed by atoms with Crippen LogP contribution >= 0.6 is 11.8 Å². The summed E-state index contributed by atoms with van der Waals surface area (Å²) in [5, 5.41) is 17.2. The fourth-order valence-electron chi connectivity index (χ4n) is 3.64. The molecule has 0 radical (unpaired) electrons. The van der Waals surface area contributed by atoms with E-state index in [0.717, 1.165) is 12.0 Å². The zero-order valence-electron chi connectivity index (χ0n) is 23.3. The second-order valence-corrected chi connectivity index (χ2v) is 11.8. The van der Waals surface area contributed by atoms with Gasteiger partial charge in [-0.05, 0) is 47.6 Å². The Morgan fingerprint density at radius 2 is 1.84 bits per heavy atom. The van der Waals surface area contributed by atoms with E-state index in [0.29, 0.717) is 42.5 Å². The number of carbonyl (C=O) groups excluding carboxylic acids is 3. The number of esters is 1. The van der Waals surface area contributed by atoms with E-state index in [1.807, 2.05) is 32.9 Å². The summed E-state index contributed by atoms with van der Waals surface area (Å²) >= 11 is 1.53. The van der Waals surface area contributed by atoms with Crippen molar-refractivity contribution in [2.24, 2.45) is 22.1 Å². The molecule has 0 aliphatic rings. The third kappa shape index (κ3) is 13.3. The minimum absolute atomic E-state index is 0.000196. The second kappa shape index (κ2) is 16.6. The van der Waals surface area contributed by atoms with Gasteiger partial charge in [-0.25, -0.2) is 4.79 Å². The number of ether oxygens (including phenoxy) is 1. The van der Waals surface area contributed by atoms with Crippen molar-refractivity contribution in [2.75, 3.05) is 30.5 Å². The molecule has 1 aromatic carbocycles. The van der Waals surface area contributed by atoms with Crippen LogP contribution in [0.3, 0.4) is 0 Å². The first-order chi connectivity index (χ1) is 17.9. The normalized spacial score (nSPS) is 13.3. The molecule has 0 spiro atoms. The molecule has 0 saturated carbocycles. The summed E-state index contributed by atoms with van der Waals surface area (Å²) in [7, 11) is 1.31. The molecule has 11 heteroatoms. The van der Waals surface area contributed by atoms with Crippen molar-refractivity contribution < 1.29 is 19.1 Å². The van der Waals surface area contributed by atoms with E-state index in [1.54, 1.807) is 18.3 Å². The Hall–Kier alpha value is -3.26. The highest BCUT2D eigenvalue weighted by Crippen LogP contribution is 2.25. The predicted octanol–water partition coefficient (Wildman–Crippen LogP) is 3.36. The number of benzene rings is 1. The lowest BCUT2D eigenvalue weighted by atomic mass is 9.89. The number of nitrogens with one attached hydrogen (secondary N) is 3. The molecule has 1 rings (SSSR count). The van der Waals surface area contributed by atoms with Gasteiger partial charge in [-0.15, -0.1) is 4.99 Å². The minimum Gasteiger partial charge on any atom is -0.467 e. The van der Waals surface area contributed by atoms with Gasteiger partial charge in [0.2, 0.25) is 24.0 Å². The molecule has 0 bridgehead atoms. The smallest absolute Gasteiger partial charge is 0.329 e. The molecule has 5 N–H and O–H groups in total. The van der Waals surface area contributed by atoms with Crippen molar-refractivity contribution in [1.29, 1.82) is 5.26 Å². The number of nitriles is 1. The van der Waals surface area contributed by atoms with Crippen molar-refractivity contribution >= 4 is 41.2 Å². The number of hydrogen-bond acceptors (Lipinski definition) is 7. The Morgan fingerprint density at radius 3 is 2.39 bits per heavy atom. The van der Waals surface area contributed by atoms with E-state index in [1.165, 1.54) is 18.9 Å². The van der Waals surface area contributed by atoms with Crippen LogP contribution in [0.4, 0.5) is 5.69 Å². The van der Waals surface area contributed by atoms with Gasteiger partial charge in [0.15, 0.2) is 0 Å². The molecule has 2 amide bonds. The number of carbonyl (C=O) groups is 3. The monoisotopic (exact) mass is 546 g/mol. The molecular weight excluding hydrogens is 504 g/mol. The number of nitrogens with zero attached hydrogens (tertiary/aromatic N) is 2. The average Bonchev–Trinajstić information content (AvgIpc) is 2.82. The van der Waals surface area contributed by atoms with Crippen LogP contribution in [0.1, 0.15) is 65.4 Å². The molecule has 0 fully saturated rings. The molecule has 10 nitrogen and oxygen atoms in total. The number of anilines is 1. The Labute approximate surface area is 230 Å². The summed E-state index contributed by atoms with van der Waals surface area (Å²) in [5.41, 5.74) is 6.99. The van der Waals surface area contributed by atoms with Gasteiger partial charge in [0, 0.05) is 24.4 Å². The molecule has 1 aromatic rings. The largest absolute Gasteiger partial charge is 0.467 e. The van der Waals surface area contributed by atoms with Crippen molar-refractivity contribution in [3.63, 3.8) is 0 Å². The highest BCUT2D eigenvalue weighted by Gasteiger charge is 2.24. The summed E-state index contributed by atoms with van der Waals surface area (Å²) in [4.78, 5) is 40.8. The molecule has 0 aliphatic heterocycles. The molecule has 2 atom stereocenters. The van der Waals surface area contributed by atoms with Crippen molar-refractivity contribution in [3.8, 4) is 6.19 Å². The minimum atomic E-state index is -0.705. The van der Waals surface area contributed by atoms with Crippen LogP contribution in [0, 0.1) is 22.8 Å². The highest BCUT2D eigenvalue weighted by molar-refractivity contribution is 7.99. The Bertz CT molecular complexity index is 983. The Kier molecular flexibility index (Phi) is 14.3. The van der Waals surface area contributed by atoms with Crippen LogP contribution in [-0.2, 0) is 19.1 Å². The molecule has 0 aromatic heterocycles. The first kappa shape index (κ1) is 32.8. The lowest BCUT2D eigenvalue weighted by Gasteiger charge is -2.21. The van der Waals surface area contributed by atoms with Gasteiger partial charge in [0.1, 0.15) is 6.04 Å². The average molecular weight is 547 g/mol. The Balaban J connectivity index is 2.59. The molecule has 0 heterocycles. The van der Waals surface area contributed by atoms with Crippen LogP contribution in [0.25, 0.3) is 0 Å². The molecular formula is C27H42N6O4S. The van der Waals surface area contributed by atoms with Crippen LogP contribution in [0.15, 0.2) is 29.3 Å². The quantitative estimate of drug-likeness (QED) is 0.0909. The summed E-state index contributed by atoms with van der Waals surface area (Å²) in [6, 6.07) is 6.62. The second-order valence-electron chi connectivity index (χ2n) is 10.6. The van der Waals surface area contributed by atoms with Gasteiger partial charge < -0.3 is 26.4 Å². The number of aliphatic imine (C=N–C) groups is 1. The third-order valence-corrected chi connectivity index (χ3v) is 6.49. The number of rotatable bonds is 14. The standard InChI is InChI=1S/C27H42N6O4S/c1-18(2)14-21(19-8-10-20(11-9-19)32-26(29)31-17-28)24(35)30-12-7-13-38-16-22(25(36)37-6)33-23(34)15-27(3,4)5/h8-11,18,21-22H,7,12-16H2,1-6H3,(H,30,35)(H,33,34)(H3,29,31,32)/t21-,22-/m0/s1. The van der Waals surface area contributed by atoms with E-state index in [2.05, 4.69) is 34.8 Å². The topological polar surface area (TPSA) is 159 Å². The maximum atomic E-state index is 13.0.